The summed E-state index contributed by atoms with van der Waals surface area (Å²) in [5.74, 6) is 2.85. The molecule has 1 aromatic heterocycles. The maximum atomic E-state index is 12.2. The van der Waals surface area contributed by atoms with Crippen LogP contribution in [0.25, 0.3) is 0 Å². The van der Waals surface area contributed by atoms with E-state index in [0.29, 0.717) is 18.1 Å². The molecule has 2 aliphatic carbocycles. The van der Waals surface area contributed by atoms with Crippen LogP contribution in [0.3, 0.4) is 0 Å². The number of Topliss-reactive ketones (excluding diaryl/α,β-unsaturated/α-hetero) is 1. The van der Waals surface area contributed by atoms with E-state index in [2.05, 4.69) is 4.98 Å². The fourth-order valence-electron chi connectivity index (χ4n) is 3.88. The van der Waals surface area contributed by atoms with Crippen molar-refractivity contribution in [3.8, 4) is 0 Å². The molecule has 3 unspecified atom stereocenters. The molecule has 0 amide bonds. The van der Waals surface area contributed by atoms with Crippen LogP contribution in [0.2, 0.25) is 0 Å². The van der Waals surface area contributed by atoms with Gasteiger partial charge in [0, 0.05) is 19.0 Å². The van der Waals surface area contributed by atoms with Gasteiger partial charge in [0.05, 0.1) is 5.69 Å². The largest absolute Gasteiger partial charge is 0.299 e. The zero-order valence-electron chi connectivity index (χ0n) is 11.1. The zero-order valence-corrected chi connectivity index (χ0v) is 11.1. The van der Waals surface area contributed by atoms with E-state index < -0.39 is 0 Å². The molecule has 0 radical (unpaired) electrons. The number of carbonyl (C=O) groups excluding carboxylic acids is 1. The summed E-state index contributed by atoms with van der Waals surface area (Å²) in [7, 11) is 0. The van der Waals surface area contributed by atoms with Gasteiger partial charge in [-0.05, 0) is 55.6 Å². The first-order valence-electron chi connectivity index (χ1n) is 7.14. The average Bonchev–Trinajstić information content (AvgIpc) is 2.94. The van der Waals surface area contributed by atoms with Crippen LogP contribution in [-0.4, -0.2) is 10.8 Å². The topological polar surface area (TPSA) is 30.0 Å². The minimum Gasteiger partial charge on any atom is -0.299 e. The van der Waals surface area contributed by atoms with Crippen LogP contribution < -0.4 is 0 Å². The number of carbonyl (C=O) groups is 1. The molecule has 0 N–H and O–H groups in total. The summed E-state index contributed by atoms with van der Waals surface area (Å²) in [4.78, 5) is 16.5. The Labute approximate surface area is 109 Å². The molecule has 96 valence electrons. The van der Waals surface area contributed by atoms with Crippen LogP contribution in [0.5, 0.6) is 0 Å². The summed E-state index contributed by atoms with van der Waals surface area (Å²) < 4.78 is 0. The van der Waals surface area contributed by atoms with Crippen molar-refractivity contribution in [2.24, 2.45) is 17.8 Å². The number of ketones is 1. The molecule has 2 saturated carbocycles. The highest BCUT2D eigenvalue weighted by Gasteiger charge is 2.39. The Morgan fingerprint density at radius 2 is 2.28 bits per heavy atom. The van der Waals surface area contributed by atoms with Gasteiger partial charge in [-0.15, -0.1) is 0 Å². The fourth-order valence-corrected chi connectivity index (χ4v) is 3.88. The Bertz CT molecular complexity index is 454. The van der Waals surface area contributed by atoms with Crippen LogP contribution in [-0.2, 0) is 11.2 Å². The van der Waals surface area contributed by atoms with E-state index in [9.17, 15) is 4.79 Å². The van der Waals surface area contributed by atoms with E-state index in [1.54, 1.807) is 6.20 Å². The number of hydrogen-bond acceptors (Lipinski definition) is 2. The molecule has 1 heterocycles. The second-order valence-electron chi connectivity index (χ2n) is 6.12. The van der Waals surface area contributed by atoms with Gasteiger partial charge in [0.15, 0.2) is 0 Å². The summed E-state index contributed by atoms with van der Waals surface area (Å²) in [5, 5.41) is 0. The second kappa shape index (κ2) is 4.83. The van der Waals surface area contributed by atoms with E-state index in [4.69, 9.17) is 0 Å². The van der Waals surface area contributed by atoms with Gasteiger partial charge in [-0.3, -0.25) is 9.78 Å². The van der Waals surface area contributed by atoms with E-state index in [-0.39, 0.29) is 0 Å². The molecule has 0 saturated heterocycles. The molecule has 3 atom stereocenters. The van der Waals surface area contributed by atoms with Gasteiger partial charge >= 0.3 is 0 Å². The molecule has 2 bridgehead atoms. The van der Waals surface area contributed by atoms with Crippen molar-refractivity contribution in [2.75, 3.05) is 0 Å². The van der Waals surface area contributed by atoms with Crippen molar-refractivity contribution < 1.29 is 4.79 Å². The number of rotatable bonds is 4. The number of hydrogen-bond donors (Lipinski definition) is 0. The standard InChI is InChI=1S/C16H21NO/c1-11-3-2-6-17-16(11)10-15(18)9-14-8-12-4-5-13(14)7-12/h2-3,6,12-14H,4-5,7-10H2,1H3. The van der Waals surface area contributed by atoms with E-state index in [1.807, 2.05) is 19.1 Å². The molecule has 0 aliphatic heterocycles. The molecule has 2 nitrogen and oxygen atoms in total. The normalized spacial score (nSPS) is 29.7. The summed E-state index contributed by atoms with van der Waals surface area (Å²) in [5.41, 5.74) is 2.10. The second-order valence-corrected chi connectivity index (χ2v) is 6.12. The number of aryl methyl sites for hydroxylation is 1. The molecule has 2 fully saturated rings. The predicted molar refractivity (Wildman–Crippen MR) is 71.2 cm³/mol. The first-order chi connectivity index (χ1) is 8.72. The molecular weight excluding hydrogens is 222 g/mol. The SMILES string of the molecule is Cc1cccnc1CC(=O)CC1CC2CCC1C2. The van der Waals surface area contributed by atoms with Crippen molar-refractivity contribution in [3.63, 3.8) is 0 Å². The first-order valence-corrected chi connectivity index (χ1v) is 7.14. The van der Waals surface area contributed by atoms with Crippen molar-refractivity contribution in [3.05, 3.63) is 29.6 Å². The third-order valence-electron chi connectivity index (χ3n) is 4.86. The predicted octanol–water partition coefficient (Wildman–Crippen LogP) is 3.33. The van der Waals surface area contributed by atoms with Crippen molar-refractivity contribution in [1.82, 2.24) is 4.98 Å². The summed E-state index contributed by atoms with van der Waals surface area (Å²) in [6, 6.07) is 3.96. The third-order valence-corrected chi connectivity index (χ3v) is 4.86. The number of nitrogens with zero attached hydrogens (tertiary/aromatic N) is 1. The van der Waals surface area contributed by atoms with Gasteiger partial charge in [-0.1, -0.05) is 12.5 Å². The van der Waals surface area contributed by atoms with Gasteiger partial charge in [0.2, 0.25) is 0 Å². The number of pyridine rings is 1. The average molecular weight is 243 g/mol. The molecule has 2 aliphatic rings. The molecular formula is C16H21NO. The maximum absolute atomic E-state index is 12.2. The van der Waals surface area contributed by atoms with Crippen molar-refractivity contribution in [2.45, 2.75) is 45.4 Å². The summed E-state index contributed by atoms with van der Waals surface area (Å²) in [6.45, 7) is 2.03. The fraction of sp³-hybridized carbons (Fsp3) is 0.625. The summed E-state index contributed by atoms with van der Waals surface area (Å²) in [6.07, 6.45) is 8.57. The molecule has 0 spiro atoms. The third kappa shape index (κ3) is 2.33. The van der Waals surface area contributed by atoms with Gasteiger partial charge in [-0.25, -0.2) is 0 Å². The first kappa shape index (κ1) is 11.9. The Morgan fingerprint density at radius 3 is 2.94 bits per heavy atom. The molecule has 3 rings (SSSR count). The van der Waals surface area contributed by atoms with Gasteiger partial charge < -0.3 is 0 Å². The monoisotopic (exact) mass is 243 g/mol. The lowest BCUT2D eigenvalue weighted by atomic mass is 9.84. The van der Waals surface area contributed by atoms with Gasteiger partial charge in [0.1, 0.15) is 5.78 Å². The lowest BCUT2D eigenvalue weighted by molar-refractivity contribution is -0.119. The van der Waals surface area contributed by atoms with E-state index in [1.165, 1.54) is 25.7 Å². The highest BCUT2D eigenvalue weighted by Crippen LogP contribution is 2.49. The van der Waals surface area contributed by atoms with Gasteiger partial charge in [0.25, 0.3) is 0 Å². The van der Waals surface area contributed by atoms with E-state index >= 15 is 0 Å². The van der Waals surface area contributed by atoms with Gasteiger partial charge in [-0.2, -0.15) is 0 Å². The highest BCUT2D eigenvalue weighted by atomic mass is 16.1. The Kier molecular flexibility index (Phi) is 3.19. The number of aromatic nitrogens is 1. The minimum atomic E-state index is 0.384. The van der Waals surface area contributed by atoms with Crippen LogP contribution in [0.15, 0.2) is 18.3 Å². The smallest absolute Gasteiger partial charge is 0.139 e. The molecule has 0 aromatic carbocycles. The molecule has 1 aromatic rings. The van der Waals surface area contributed by atoms with E-state index in [0.717, 1.165) is 29.5 Å². The highest BCUT2D eigenvalue weighted by molar-refractivity contribution is 5.81. The Balaban J connectivity index is 1.58. The van der Waals surface area contributed by atoms with Crippen LogP contribution in [0, 0.1) is 24.7 Å². The quantitative estimate of drug-likeness (QED) is 0.812. The lowest BCUT2D eigenvalue weighted by Gasteiger charge is -2.20. The van der Waals surface area contributed by atoms with Crippen molar-refractivity contribution >= 4 is 5.78 Å². The van der Waals surface area contributed by atoms with Crippen LogP contribution in [0.4, 0.5) is 0 Å². The van der Waals surface area contributed by atoms with Crippen LogP contribution in [0.1, 0.15) is 43.4 Å². The zero-order chi connectivity index (χ0) is 12.5. The Hall–Kier alpha value is -1.18. The minimum absolute atomic E-state index is 0.384. The lowest BCUT2D eigenvalue weighted by Crippen LogP contribution is -2.17. The maximum Gasteiger partial charge on any atom is 0.139 e. The summed E-state index contributed by atoms with van der Waals surface area (Å²) >= 11 is 0. The molecule has 2 heteroatoms. The van der Waals surface area contributed by atoms with Crippen molar-refractivity contribution in [1.29, 1.82) is 0 Å². The van der Waals surface area contributed by atoms with Crippen LogP contribution >= 0.6 is 0 Å². The Morgan fingerprint density at radius 1 is 1.39 bits per heavy atom. The molecule has 18 heavy (non-hydrogen) atoms. The number of fused-ring (bicyclic) bond motifs is 2.